The van der Waals surface area contributed by atoms with Crippen LogP contribution in [0.25, 0.3) is 0 Å². The van der Waals surface area contributed by atoms with Crippen LogP contribution in [0.3, 0.4) is 0 Å². The monoisotopic (exact) mass is 278 g/mol. The number of carbonyl (C=O) groups excluding carboxylic acids is 1. The number of carbonyl (C=O) groups is 1. The average Bonchev–Trinajstić information content (AvgIpc) is 2.79. The van der Waals surface area contributed by atoms with Gasteiger partial charge in [0.1, 0.15) is 12.4 Å². The molecule has 1 amide bonds. The summed E-state index contributed by atoms with van der Waals surface area (Å²) in [6, 6.07) is 0. The highest BCUT2D eigenvalue weighted by Gasteiger charge is 2.26. The van der Waals surface area contributed by atoms with Crippen LogP contribution in [0.2, 0.25) is 0 Å². The minimum Gasteiger partial charge on any atom is -0.341 e. The zero-order valence-electron chi connectivity index (χ0n) is 13.1. The van der Waals surface area contributed by atoms with Gasteiger partial charge in [-0.2, -0.15) is 5.10 Å². The lowest BCUT2D eigenvalue weighted by Crippen LogP contribution is -2.44. The van der Waals surface area contributed by atoms with Crippen LogP contribution in [0.1, 0.15) is 45.8 Å². The molecule has 1 aliphatic rings. The van der Waals surface area contributed by atoms with E-state index in [-0.39, 0.29) is 5.91 Å². The van der Waals surface area contributed by atoms with Crippen molar-refractivity contribution in [3.05, 3.63) is 11.6 Å². The van der Waals surface area contributed by atoms with Gasteiger partial charge in [-0.05, 0) is 18.3 Å². The molecule has 2 atom stereocenters. The molecular weight excluding hydrogens is 252 g/mol. The second-order valence-electron chi connectivity index (χ2n) is 6.05. The van der Waals surface area contributed by atoms with Crippen molar-refractivity contribution in [2.45, 2.75) is 53.5 Å². The maximum absolute atomic E-state index is 12.5. The van der Waals surface area contributed by atoms with Crippen LogP contribution in [0.5, 0.6) is 0 Å². The van der Waals surface area contributed by atoms with E-state index in [0.29, 0.717) is 18.4 Å². The predicted octanol–water partition coefficient (Wildman–Crippen LogP) is 1.91. The van der Waals surface area contributed by atoms with E-state index in [4.69, 9.17) is 0 Å². The lowest BCUT2D eigenvalue weighted by molar-refractivity contribution is -0.134. The lowest BCUT2D eigenvalue weighted by atomic mass is 9.92. The fourth-order valence-corrected chi connectivity index (χ4v) is 3.06. The van der Waals surface area contributed by atoms with E-state index in [9.17, 15) is 4.79 Å². The van der Waals surface area contributed by atoms with Crippen molar-refractivity contribution in [3.8, 4) is 0 Å². The highest BCUT2D eigenvalue weighted by molar-refractivity contribution is 5.76. The molecule has 0 saturated carbocycles. The molecule has 0 aromatic carbocycles. The van der Waals surface area contributed by atoms with Crippen LogP contribution in [0.15, 0.2) is 0 Å². The van der Waals surface area contributed by atoms with Gasteiger partial charge in [-0.15, -0.1) is 0 Å². The molecule has 0 spiro atoms. The van der Waals surface area contributed by atoms with Gasteiger partial charge in [0.15, 0.2) is 5.82 Å². The molecule has 20 heavy (non-hydrogen) atoms. The van der Waals surface area contributed by atoms with Crippen LogP contribution < -0.4 is 0 Å². The van der Waals surface area contributed by atoms with E-state index in [1.54, 1.807) is 4.68 Å². The summed E-state index contributed by atoms with van der Waals surface area (Å²) in [7, 11) is 0. The van der Waals surface area contributed by atoms with Crippen molar-refractivity contribution in [3.63, 3.8) is 0 Å². The van der Waals surface area contributed by atoms with Gasteiger partial charge in [0.05, 0.1) is 0 Å². The molecule has 2 rings (SSSR count). The van der Waals surface area contributed by atoms with Gasteiger partial charge in [0.25, 0.3) is 0 Å². The zero-order valence-corrected chi connectivity index (χ0v) is 13.1. The quantitative estimate of drug-likeness (QED) is 0.845. The maximum atomic E-state index is 12.5. The van der Waals surface area contributed by atoms with E-state index in [2.05, 4.69) is 30.9 Å². The summed E-state index contributed by atoms with van der Waals surface area (Å²) < 4.78 is 1.78. The van der Waals surface area contributed by atoms with Gasteiger partial charge < -0.3 is 4.90 Å². The summed E-state index contributed by atoms with van der Waals surface area (Å²) in [5.74, 6) is 3.10. The molecule has 0 aliphatic carbocycles. The number of likely N-dealkylation sites (tertiary alicyclic amines) is 1. The number of aromatic nitrogens is 3. The number of hydrogen-bond donors (Lipinski definition) is 0. The average molecular weight is 278 g/mol. The first-order chi connectivity index (χ1) is 9.53. The Hall–Kier alpha value is -1.39. The highest BCUT2D eigenvalue weighted by Crippen LogP contribution is 2.21. The summed E-state index contributed by atoms with van der Waals surface area (Å²) in [5, 5.41) is 4.43. The molecule has 0 unspecified atom stereocenters. The van der Waals surface area contributed by atoms with E-state index >= 15 is 0 Å². The molecule has 0 bridgehead atoms. The van der Waals surface area contributed by atoms with E-state index in [1.165, 1.54) is 6.42 Å². The van der Waals surface area contributed by atoms with Gasteiger partial charge in [0.2, 0.25) is 5.91 Å². The third-order valence-corrected chi connectivity index (χ3v) is 3.93. The summed E-state index contributed by atoms with van der Waals surface area (Å²) >= 11 is 0. The molecule has 1 aromatic rings. The normalized spacial score (nSPS) is 23.1. The molecule has 5 nitrogen and oxygen atoms in total. The molecule has 2 heterocycles. The van der Waals surface area contributed by atoms with Crippen molar-refractivity contribution >= 4 is 5.91 Å². The number of nitrogens with zero attached hydrogens (tertiary/aromatic N) is 4. The van der Waals surface area contributed by atoms with Crippen LogP contribution >= 0.6 is 0 Å². The van der Waals surface area contributed by atoms with E-state index in [0.717, 1.165) is 37.6 Å². The molecule has 1 fully saturated rings. The Morgan fingerprint density at radius 3 is 2.40 bits per heavy atom. The summed E-state index contributed by atoms with van der Waals surface area (Å²) in [6.07, 6.45) is 2.84. The van der Waals surface area contributed by atoms with Crippen molar-refractivity contribution in [1.29, 1.82) is 0 Å². The van der Waals surface area contributed by atoms with Crippen molar-refractivity contribution in [2.24, 2.45) is 11.8 Å². The highest BCUT2D eigenvalue weighted by atomic mass is 16.2. The van der Waals surface area contributed by atoms with Crippen LogP contribution in [0, 0.1) is 11.8 Å². The van der Waals surface area contributed by atoms with Gasteiger partial charge in [-0.1, -0.05) is 27.7 Å². The molecule has 0 N–H and O–H groups in total. The minimum atomic E-state index is 0.172. The fraction of sp³-hybridized carbons (Fsp3) is 0.800. The second-order valence-corrected chi connectivity index (χ2v) is 6.05. The first kappa shape index (κ1) is 15.0. The number of amides is 1. The van der Waals surface area contributed by atoms with Gasteiger partial charge in [0, 0.05) is 25.9 Å². The topological polar surface area (TPSA) is 51.0 Å². The Morgan fingerprint density at radius 1 is 1.20 bits per heavy atom. The zero-order chi connectivity index (χ0) is 14.7. The molecule has 1 aliphatic heterocycles. The Bertz CT molecular complexity index is 458. The third kappa shape index (κ3) is 3.38. The SMILES string of the molecule is CCc1nc(CC)n(CC(=O)N2C[C@@H](C)C[C@H](C)C2)n1. The second kappa shape index (κ2) is 6.37. The Kier molecular flexibility index (Phi) is 4.78. The number of hydrogen-bond acceptors (Lipinski definition) is 3. The number of piperidine rings is 1. The maximum Gasteiger partial charge on any atom is 0.244 e. The molecule has 1 saturated heterocycles. The van der Waals surface area contributed by atoms with E-state index < -0.39 is 0 Å². The lowest BCUT2D eigenvalue weighted by Gasteiger charge is -2.35. The van der Waals surface area contributed by atoms with Crippen molar-refractivity contribution < 1.29 is 4.79 Å². The molecule has 1 aromatic heterocycles. The van der Waals surface area contributed by atoms with Gasteiger partial charge in [-0.3, -0.25) is 4.79 Å². The third-order valence-electron chi connectivity index (χ3n) is 3.93. The standard InChI is InChI=1S/C15H26N4O/c1-5-13-16-14(6-2)19(17-13)10-15(20)18-8-11(3)7-12(4)9-18/h11-12H,5-10H2,1-4H3/t11-,12-/m0/s1. The largest absolute Gasteiger partial charge is 0.341 e. The Balaban J connectivity index is 2.05. The minimum absolute atomic E-state index is 0.172. The van der Waals surface area contributed by atoms with Crippen LogP contribution in [0.4, 0.5) is 0 Å². The Labute approximate surface area is 121 Å². The van der Waals surface area contributed by atoms with Crippen molar-refractivity contribution in [1.82, 2.24) is 19.7 Å². The number of rotatable bonds is 4. The fourth-order valence-electron chi connectivity index (χ4n) is 3.06. The van der Waals surface area contributed by atoms with E-state index in [1.807, 2.05) is 11.8 Å². The Morgan fingerprint density at radius 2 is 1.85 bits per heavy atom. The molecule has 112 valence electrons. The first-order valence-corrected chi connectivity index (χ1v) is 7.73. The first-order valence-electron chi connectivity index (χ1n) is 7.73. The smallest absolute Gasteiger partial charge is 0.244 e. The molecule has 5 heteroatoms. The molecular formula is C15H26N4O. The molecule has 0 radical (unpaired) electrons. The van der Waals surface area contributed by atoms with Gasteiger partial charge in [-0.25, -0.2) is 9.67 Å². The summed E-state index contributed by atoms with van der Waals surface area (Å²) in [5.41, 5.74) is 0. The number of aryl methyl sites for hydroxylation is 2. The summed E-state index contributed by atoms with van der Waals surface area (Å²) in [4.78, 5) is 18.9. The van der Waals surface area contributed by atoms with Crippen LogP contribution in [-0.4, -0.2) is 38.7 Å². The summed E-state index contributed by atoms with van der Waals surface area (Å²) in [6.45, 7) is 10.6. The van der Waals surface area contributed by atoms with Gasteiger partial charge >= 0.3 is 0 Å². The predicted molar refractivity (Wildman–Crippen MR) is 78.3 cm³/mol. The van der Waals surface area contributed by atoms with Crippen molar-refractivity contribution in [2.75, 3.05) is 13.1 Å². The van der Waals surface area contributed by atoms with Crippen LogP contribution in [-0.2, 0) is 24.2 Å².